The maximum absolute atomic E-state index is 14.3. The number of carbonyl (C=O) groups excluding carboxylic acids is 2. The summed E-state index contributed by atoms with van der Waals surface area (Å²) in [5.41, 5.74) is 0.408. The third-order valence-electron chi connectivity index (χ3n) is 4.63. The average molecular weight is 365 g/mol. The molecule has 0 spiro atoms. The lowest BCUT2D eigenvalue weighted by atomic mass is 10.1. The number of carbonyl (C=O) groups is 2. The van der Waals surface area contributed by atoms with Crippen LogP contribution in [-0.2, 0) is 9.53 Å². The lowest BCUT2D eigenvalue weighted by molar-refractivity contribution is -0.119. The standard InChI is InChI=1S/C18H24FN3O4/c1-12(23)21-10-15-11-22(18(24)26-15)14-2-3-17(16(19)8-14)25-7-5-13-4-6-20-9-13/h2-3,8,13,15,20H,4-7,9-11H2,1H3,(H,21,23)/t13?,15-/m0/s1. The van der Waals surface area contributed by atoms with Gasteiger partial charge in [-0.2, -0.15) is 0 Å². The van der Waals surface area contributed by atoms with Gasteiger partial charge in [0.15, 0.2) is 11.6 Å². The number of amides is 2. The minimum atomic E-state index is -0.554. The first-order valence-corrected chi connectivity index (χ1v) is 8.88. The number of anilines is 1. The zero-order chi connectivity index (χ0) is 18.5. The van der Waals surface area contributed by atoms with Crippen molar-refractivity contribution in [3.8, 4) is 5.75 Å². The Hall–Kier alpha value is -2.35. The molecule has 2 fully saturated rings. The van der Waals surface area contributed by atoms with Crippen LogP contribution in [0.15, 0.2) is 18.2 Å². The molecule has 2 aliphatic rings. The highest BCUT2D eigenvalue weighted by atomic mass is 19.1. The third kappa shape index (κ3) is 4.63. The number of cyclic esters (lactones) is 1. The van der Waals surface area contributed by atoms with Crippen LogP contribution in [0.1, 0.15) is 19.8 Å². The number of halogens is 1. The van der Waals surface area contributed by atoms with E-state index in [4.69, 9.17) is 9.47 Å². The molecule has 2 heterocycles. The van der Waals surface area contributed by atoms with Gasteiger partial charge in [-0.15, -0.1) is 0 Å². The Bertz CT molecular complexity index is 664. The molecule has 0 radical (unpaired) electrons. The third-order valence-corrected chi connectivity index (χ3v) is 4.63. The zero-order valence-electron chi connectivity index (χ0n) is 14.8. The largest absolute Gasteiger partial charge is 0.491 e. The molecule has 2 amide bonds. The van der Waals surface area contributed by atoms with E-state index in [0.717, 1.165) is 25.9 Å². The zero-order valence-corrected chi connectivity index (χ0v) is 14.8. The van der Waals surface area contributed by atoms with Crippen LogP contribution in [0.3, 0.4) is 0 Å². The van der Waals surface area contributed by atoms with Crippen molar-refractivity contribution in [3.63, 3.8) is 0 Å². The molecular formula is C18H24FN3O4. The fourth-order valence-electron chi connectivity index (χ4n) is 3.17. The molecule has 2 N–H and O–H groups in total. The second-order valence-electron chi connectivity index (χ2n) is 6.66. The van der Waals surface area contributed by atoms with Gasteiger partial charge >= 0.3 is 6.09 Å². The Morgan fingerprint density at radius 2 is 2.35 bits per heavy atom. The molecule has 2 saturated heterocycles. The molecule has 1 aromatic rings. The minimum Gasteiger partial charge on any atom is -0.491 e. The molecule has 26 heavy (non-hydrogen) atoms. The maximum atomic E-state index is 14.3. The summed E-state index contributed by atoms with van der Waals surface area (Å²) in [5, 5.41) is 5.90. The number of nitrogens with zero attached hydrogens (tertiary/aromatic N) is 1. The molecular weight excluding hydrogens is 341 g/mol. The fourth-order valence-corrected chi connectivity index (χ4v) is 3.17. The van der Waals surface area contributed by atoms with Crippen LogP contribution in [0, 0.1) is 11.7 Å². The van der Waals surface area contributed by atoms with E-state index in [2.05, 4.69) is 10.6 Å². The predicted molar refractivity (Wildman–Crippen MR) is 93.8 cm³/mol. The van der Waals surface area contributed by atoms with E-state index in [0.29, 0.717) is 18.2 Å². The Labute approximate surface area is 151 Å². The van der Waals surface area contributed by atoms with E-state index in [-0.39, 0.29) is 24.7 Å². The fraction of sp³-hybridized carbons (Fsp3) is 0.556. The molecule has 1 unspecified atom stereocenters. The van der Waals surface area contributed by atoms with Gasteiger partial charge in [-0.25, -0.2) is 9.18 Å². The minimum absolute atomic E-state index is 0.182. The van der Waals surface area contributed by atoms with Crippen molar-refractivity contribution in [3.05, 3.63) is 24.0 Å². The van der Waals surface area contributed by atoms with Crippen LogP contribution < -0.4 is 20.3 Å². The molecule has 2 atom stereocenters. The average Bonchev–Trinajstić information content (AvgIpc) is 3.24. The first-order chi connectivity index (χ1) is 12.5. The van der Waals surface area contributed by atoms with E-state index in [1.54, 1.807) is 6.07 Å². The molecule has 8 heteroatoms. The topological polar surface area (TPSA) is 79.9 Å². The van der Waals surface area contributed by atoms with Gasteiger partial charge in [0.2, 0.25) is 5.91 Å². The Balaban J connectivity index is 1.54. The van der Waals surface area contributed by atoms with Crippen molar-refractivity contribution in [2.45, 2.75) is 25.9 Å². The van der Waals surface area contributed by atoms with Crippen molar-refractivity contribution in [2.75, 3.05) is 37.7 Å². The van der Waals surface area contributed by atoms with E-state index in [1.165, 1.54) is 24.0 Å². The summed E-state index contributed by atoms with van der Waals surface area (Å²) in [5.74, 6) is 0.0601. The van der Waals surface area contributed by atoms with Crippen LogP contribution >= 0.6 is 0 Å². The molecule has 7 nitrogen and oxygen atoms in total. The van der Waals surface area contributed by atoms with Crippen molar-refractivity contribution in [1.29, 1.82) is 0 Å². The number of hydrogen-bond acceptors (Lipinski definition) is 5. The van der Waals surface area contributed by atoms with Crippen LogP contribution in [0.2, 0.25) is 0 Å². The molecule has 142 valence electrons. The summed E-state index contributed by atoms with van der Waals surface area (Å²) in [4.78, 5) is 24.3. The smallest absolute Gasteiger partial charge is 0.414 e. The summed E-state index contributed by atoms with van der Waals surface area (Å²) in [6.07, 6.45) is 1.01. The summed E-state index contributed by atoms with van der Waals surface area (Å²) in [7, 11) is 0. The van der Waals surface area contributed by atoms with E-state index in [9.17, 15) is 14.0 Å². The molecule has 0 bridgehead atoms. The molecule has 0 saturated carbocycles. The lowest BCUT2D eigenvalue weighted by Crippen LogP contribution is -2.33. The van der Waals surface area contributed by atoms with Gasteiger partial charge in [-0.05, 0) is 44.0 Å². The molecule has 0 aliphatic carbocycles. The molecule has 0 aromatic heterocycles. The second kappa shape index (κ2) is 8.35. The Kier molecular flexibility index (Phi) is 5.92. The number of nitrogens with one attached hydrogen (secondary N) is 2. The van der Waals surface area contributed by atoms with Crippen LogP contribution in [0.5, 0.6) is 5.75 Å². The lowest BCUT2D eigenvalue weighted by Gasteiger charge is -2.15. The highest BCUT2D eigenvalue weighted by molar-refractivity contribution is 5.89. The number of ether oxygens (including phenoxy) is 2. The van der Waals surface area contributed by atoms with E-state index >= 15 is 0 Å². The van der Waals surface area contributed by atoms with Gasteiger partial charge in [0.1, 0.15) is 6.10 Å². The number of hydrogen-bond donors (Lipinski definition) is 2. The van der Waals surface area contributed by atoms with Crippen LogP contribution in [0.25, 0.3) is 0 Å². The normalized spacial score (nSPS) is 22.4. The highest BCUT2D eigenvalue weighted by Gasteiger charge is 2.32. The summed E-state index contributed by atoms with van der Waals surface area (Å²) < 4.78 is 25.0. The summed E-state index contributed by atoms with van der Waals surface area (Å²) in [6.45, 7) is 4.37. The van der Waals surface area contributed by atoms with Crippen molar-refractivity contribution >= 4 is 17.7 Å². The van der Waals surface area contributed by atoms with Crippen LogP contribution in [0.4, 0.5) is 14.9 Å². The Morgan fingerprint density at radius 3 is 3.04 bits per heavy atom. The highest BCUT2D eigenvalue weighted by Crippen LogP contribution is 2.27. The van der Waals surface area contributed by atoms with Gasteiger partial charge < -0.3 is 20.1 Å². The van der Waals surface area contributed by atoms with Crippen molar-refractivity contribution in [2.24, 2.45) is 5.92 Å². The monoisotopic (exact) mass is 365 g/mol. The van der Waals surface area contributed by atoms with Gasteiger partial charge in [0, 0.05) is 13.0 Å². The SMILES string of the molecule is CC(=O)NC[C@H]1CN(c2ccc(OCCC3CCNC3)c(F)c2)C(=O)O1. The van der Waals surface area contributed by atoms with Crippen molar-refractivity contribution in [1.82, 2.24) is 10.6 Å². The van der Waals surface area contributed by atoms with E-state index in [1.807, 2.05) is 0 Å². The number of rotatable bonds is 7. The van der Waals surface area contributed by atoms with Crippen molar-refractivity contribution < 1.29 is 23.5 Å². The Morgan fingerprint density at radius 1 is 1.50 bits per heavy atom. The summed E-state index contributed by atoms with van der Waals surface area (Å²) >= 11 is 0. The maximum Gasteiger partial charge on any atom is 0.414 e. The first-order valence-electron chi connectivity index (χ1n) is 8.88. The quantitative estimate of drug-likeness (QED) is 0.768. The van der Waals surface area contributed by atoms with Gasteiger partial charge in [-0.3, -0.25) is 9.69 Å². The van der Waals surface area contributed by atoms with Gasteiger partial charge in [-0.1, -0.05) is 0 Å². The summed E-state index contributed by atoms with van der Waals surface area (Å²) in [6, 6.07) is 4.44. The van der Waals surface area contributed by atoms with E-state index < -0.39 is 18.0 Å². The molecule has 2 aliphatic heterocycles. The number of benzene rings is 1. The van der Waals surface area contributed by atoms with Gasteiger partial charge in [0.25, 0.3) is 0 Å². The second-order valence-corrected chi connectivity index (χ2v) is 6.66. The van der Waals surface area contributed by atoms with Crippen LogP contribution in [-0.4, -0.2) is 50.9 Å². The predicted octanol–water partition coefficient (Wildman–Crippen LogP) is 1.67. The van der Waals surface area contributed by atoms with Gasteiger partial charge in [0.05, 0.1) is 25.4 Å². The first kappa shape index (κ1) is 18.4. The molecule has 3 rings (SSSR count). The molecule has 1 aromatic carbocycles.